The predicted molar refractivity (Wildman–Crippen MR) is 70.2 cm³/mol. The third-order valence-electron chi connectivity index (χ3n) is 2.30. The van der Waals surface area contributed by atoms with Gasteiger partial charge in [0.05, 0.1) is 0 Å². The van der Waals surface area contributed by atoms with E-state index in [0.717, 1.165) is 0 Å². The summed E-state index contributed by atoms with van der Waals surface area (Å²) in [7, 11) is 0. The van der Waals surface area contributed by atoms with E-state index in [1.807, 2.05) is 30.3 Å². The molecule has 16 heavy (non-hydrogen) atoms. The van der Waals surface area contributed by atoms with Crippen molar-refractivity contribution in [3.63, 3.8) is 0 Å². The van der Waals surface area contributed by atoms with Crippen LogP contribution in [0.1, 0.15) is 16.7 Å². The maximum absolute atomic E-state index is 5.35. The van der Waals surface area contributed by atoms with Crippen LogP contribution >= 0.6 is 0 Å². The molecule has 0 spiro atoms. The molecule has 2 rings (SSSR count). The molecule has 2 N–H and O–H groups in total. The first-order chi connectivity index (χ1) is 7.72. The van der Waals surface area contributed by atoms with Crippen molar-refractivity contribution < 1.29 is 0 Å². The Hall–Kier alpha value is -1.60. The topological polar surface area (TPSA) is 26.0 Å². The van der Waals surface area contributed by atoms with Crippen molar-refractivity contribution in [3.8, 4) is 0 Å². The van der Waals surface area contributed by atoms with E-state index < -0.39 is 0 Å². The van der Waals surface area contributed by atoms with Crippen molar-refractivity contribution in [2.45, 2.75) is 20.4 Å². The molecule has 0 saturated heterocycles. The van der Waals surface area contributed by atoms with Gasteiger partial charge in [-0.2, -0.15) is 0 Å². The molecule has 2 aromatic carbocycles. The van der Waals surface area contributed by atoms with Crippen LogP contribution < -0.4 is 5.73 Å². The van der Waals surface area contributed by atoms with Gasteiger partial charge < -0.3 is 5.73 Å². The lowest BCUT2D eigenvalue weighted by molar-refractivity contribution is 1.07. The second kappa shape index (κ2) is 6.81. The minimum absolute atomic E-state index is 0.640. The zero-order chi connectivity index (χ0) is 11.8. The fourth-order valence-corrected chi connectivity index (χ4v) is 1.25. The van der Waals surface area contributed by atoms with Crippen molar-refractivity contribution in [2.75, 3.05) is 0 Å². The summed E-state index contributed by atoms with van der Waals surface area (Å²) in [4.78, 5) is 0. The van der Waals surface area contributed by atoms with Crippen LogP contribution in [0.3, 0.4) is 0 Å². The predicted octanol–water partition coefficient (Wildman–Crippen LogP) is 3.45. The second-order valence-electron chi connectivity index (χ2n) is 3.84. The number of hydrogen-bond acceptors (Lipinski definition) is 1. The summed E-state index contributed by atoms with van der Waals surface area (Å²) in [5.74, 6) is 0. The van der Waals surface area contributed by atoms with Crippen molar-refractivity contribution >= 4 is 0 Å². The highest BCUT2D eigenvalue weighted by Crippen LogP contribution is 1.99. The molecule has 0 heterocycles. The van der Waals surface area contributed by atoms with E-state index in [1.165, 1.54) is 16.7 Å². The molecule has 0 unspecified atom stereocenters. The van der Waals surface area contributed by atoms with Gasteiger partial charge in [-0.3, -0.25) is 0 Å². The number of hydrogen-bond donors (Lipinski definition) is 1. The van der Waals surface area contributed by atoms with Crippen LogP contribution in [-0.2, 0) is 6.54 Å². The van der Waals surface area contributed by atoms with E-state index in [4.69, 9.17) is 5.73 Å². The number of benzene rings is 2. The highest BCUT2D eigenvalue weighted by atomic mass is 14.5. The highest BCUT2D eigenvalue weighted by Gasteiger charge is 1.80. The minimum Gasteiger partial charge on any atom is -0.326 e. The average molecular weight is 213 g/mol. The Morgan fingerprint density at radius 2 is 1.19 bits per heavy atom. The van der Waals surface area contributed by atoms with Crippen LogP contribution in [0.2, 0.25) is 0 Å². The van der Waals surface area contributed by atoms with E-state index >= 15 is 0 Å². The van der Waals surface area contributed by atoms with Gasteiger partial charge in [0.15, 0.2) is 0 Å². The summed E-state index contributed by atoms with van der Waals surface area (Å²) in [6, 6.07) is 18.5. The molecule has 0 bridgehead atoms. The summed E-state index contributed by atoms with van der Waals surface area (Å²) >= 11 is 0. The fourth-order valence-electron chi connectivity index (χ4n) is 1.25. The molecular formula is C15H19N. The van der Waals surface area contributed by atoms with Crippen LogP contribution in [0.4, 0.5) is 0 Å². The molecule has 0 aliphatic rings. The molecule has 0 aromatic heterocycles. The molecule has 84 valence electrons. The van der Waals surface area contributed by atoms with Crippen molar-refractivity contribution in [1.29, 1.82) is 0 Å². The number of aryl methyl sites for hydroxylation is 2. The first-order valence-electron chi connectivity index (χ1n) is 5.49. The van der Waals surface area contributed by atoms with E-state index in [0.29, 0.717) is 6.54 Å². The van der Waals surface area contributed by atoms with Crippen molar-refractivity contribution in [3.05, 3.63) is 71.3 Å². The zero-order valence-electron chi connectivity index (χ0n) is 9.98. The van der Waals surface area contributed by atoms with Crippen molar-refractivity contribution in [1.82, 2.24) is 0 Å². The summed E-state index contributed by atoms with van der Waals surface area (Å²) in [5, 5.41) is 0. The fraction of sp³-hybridized carbons (Fsp3) is 0.200. The third-order valence-corrected chi connectivity index (χ3v) is 2.30. The Morgan fingerprint density at radius 1 is 0.750 bits per heavy atom. The van der Waals surface area contributed by atoms with Gasteiger partial charge in [0, 0.05) is 6.54 Å². The molecule has 0 aliphatic heterocycles. The molecule has 1 nitrogen and oxygen atoms in total. The van der Waals surface area contributed by atoms with Crippen LogP contribution in [0.5, 0.6) is 0 Å². The molecule has 2 aromatic rings. The second-order valence-corrected chi connectivity index (χ2v) is 3.84. The lowest BCUT2D eigenvalue weighted by Crippen LogP contribution is -1.94. The van der Waals surface area contributed by atoms with E-state index in [-0.39, 0.29) is 0 Å². The number of nitrogens with two attached hydrogens (primary N) is 1. The van der Waals surface area contributed by atoms with Crippen LogP contribution in [-0.4, -0.2) is 0 Å². The maximum atomic E-state index is 5.35. The lowest BCUT2D eigenvalue weighted by Gasteiger charge is -1.90. The molecule has 1 heteroatoms. The van der Waals surface area contributed by atoms with E-state index in [9.17, 15) is 0 Å². The largest absolute Gasteiger partial charge is 0.326 e. The van der Waals surface area contributed by atoms with Gasteiger partial charge in [0.25, 0.3) is 0 Å². The van der Waals surface area contributed by atoms with Gasteiger partial charge in [-0.1, -0.05) is 65.7 Å². The first kappa shape index (κ1) is 12.5. The molecule has 0 aliphatic carbocycles. The van der Waals surface area contributed by atoms with Crippen LogP contribution in [0.25, 0.3) is 0 Å². The Labute approximate surface area is 97.9 Å². The van der Waals surface area contributed by atoms with Gasteiger partial charge in [0.2, 0.25) is 0 Å². The normalized spacial score (nSPS) is 9.19. The Balaban J connectivity index is 0.000000160. The van der Waals surface area contributed by atoms with Gasteiger partial charge in [-0.25, -0.2) is 0 Å². The van der Waals surface area contributed by atoms with Crippen LogP contribution in [0.15, 0.2) is 54.6 Å². The Morgan fingerprint density at radius 3 is 1.50 bits per heavy atom. The monoisotopic (exact) mass is 213 g/mol. The molecule has 0 saturated carbocycles. The van der Waals surface area contributed by atoms with Gasteiger partial charge in [0.1, 0.15) is 0 Å². The molecule has 0 atom stereocenters. The number of rotatable bonds is 1. The molecule has 0 fully saturated rings. The smallest absolute Gasteiger partial charge is 0.0178 e. The summed E-state index contributed by atoms with van der Waals surface area (Å²) in [5.41, 5.74) is 9.20. The quantitative estimate of drug-likeness (QED) is 0.771. The molecule has 0 amide bonds. The summed E-state index contributed by atoms with van der Waals surface area (Å²) < 4.78 is 0. The summed E-state index contributed by atoms with van der Waals surface area (Å²) in [6.07, 6.45) is 0. The summed E-state index contributed by atoms with van der Waals surface area (Å²) in [6.45, 7) is 4.83. The third kappa shape index (κ3) is 4.76. The SMILES string of the molecule is Cc1ccc(C)cc1.NCc1ccccc1. The Kier molecular flexibility index (Phi) is 5.30. The van der Waals surface area contributed by atoms with Crippen LogP contribution in [0, 0.1) is 13.8 Å². The molecule has 0 radical (unpaired) electrons. The standard InChI is InChI=1S/C8H10.C7H9N/c1-7-3-5-8(2)6-4-7;8-6-7-4-2-1-3-5-7/h3-6H,1-2H3;1-5H,6,8H2. The van der Waals surface area contributed by atoms with Gasteiger partial charge in [-0.05, 0) is 19.4 Å². The van der Waals surface area contributed by atoms with Gasteiger partial charge in [-0.15, -0.1) is 0 Å². The van der Waals surface area contributed by atoms with Crippen molar-refractivity contribution in [2.24, 2.45) is 5.73 Å². The molecular weight excluding hydrogens is 194 g/mol. The lowest BCUT2D eigenvalue weighted by atomic mass is 10.2. The van der Waals surface area contributed by atoms with Gasteiger partial charge >= 0.3 is 0 Å². The first-order valence-corrected chi connectivity index (χ1v) is 5.49. The Bertz CT molecular complexity index is 369. The zero-order valence-corrected chi connectivity index (χ0v) is 9.98. The highest BCUT2D eigenvalue weighted by molar-refractivity contribution is 5.19. The maximum Gasteiger partial charge on any atom is 0.0178 e. The minimum atomic E-state index is 0.640. The van der Waals surface area contributed by atoms with E-state index in [1.54, 1.807) is 0 Å². The van der Waals surface area contributed by atoms with E-state index in [2.05, 4.69) is 38.1 Å². The average Bonchev–Trinajstić information content (AvgIpc) is 2.35.